The molecule has 0 unspecified atom stereocenters. The fourth-order valence-corrected chi connectivity index (χ4v) is 3.52. The molecule has 0 radical (unpaired) electrons. The quantitative estimate of drug-likeness (QED) is 0.800. The van der Waals surface area contributed by atoms with Gasteiger partial charge in [0.25, 0.3) is 0 Å². The van der Waals surface area contributed by atoms with Crippen molar-refractivity contribution in [2.45, 2.75) is 26.4 Å². The van der Waals surface area contributed by atoms with E-state index in [1.165, 1.54) is 11.6 Å². The first-order chi connectivity index (χ1) is 13.5. The van der Waals surface area contributed by atoms with Crippen LogP contribution in [0.3, 0.4) is 0 Å². The molecule has 0 saturated carbocycles. The molecule has 0 aliphatic carbocycles. The molecule has 1 aliphatic rings. The second-order valence-electron chi connectivity index (χ2n) is 7.39. The summed E-state index contributed by atoms with van der Waals surface area (Å²) in [6.45, 7) is 7.07. The molecule has 6 heteroatoms. The minimum absolute atomic E-state index is 0.0212. The zero-order valence-electron chi connectivity index (χ0n) is 16.3. The van der Waals surface area contributed by atoms with Crippen molar-refractivity contribution in [3.05, 3.63) is 70.0 Å². The van der Waals surface area contributed by atoms with Crippen LogP contribution in [0.5, 0.6) is 0 Å². The number of amides is 1. The predicted molar refractivity (Wildman–Crippen MR) is 111 cm³/mol. The summed E-state index contributed by atoms with van der Waals surface area (Å²) in [6, 6.07) is 13.0. The van der Waals surface area contributed by atoms with E-state index in [-0.39, 0.29) is 11.7 Å². The Morgan fingerprint density at radius 3 is 2.46 bits per heavy atom. The highest BCUT2D eigenvalue weighted by atomic mass is 35.5. The van der Waals surface area contributed by atoms with Gasteiger partial charge in [0.2, 0.25) is 5.91 Å². The highest BCUT2D eigenvalue weighted by Crippen LogP contribution is 2.13. The van der Waals surface area contributed by atoms with Gasteiger partial charge in [-0.25, -0.2) is 4.39 Å². The second kappa shape index (κ2) is 10.0. The van der Waals surface area contributed by atoms with Gasteiger partial charge < -0.3 is 5.32 Å². The SMILES string of the molecule is Cc1ccc(CNC(=O)CN2CCCN(Cc3ccc(Cl)cc3)CC2)cc1F. The van der Waals surface area contributed by atoms with E-state index < -0.39 is 0 Å². The maximum Gasteiger partial charge on any atom is 0.234 e. The molecule has 3 rings (SSSR count). The van der Waals surface area contributed by atoms with Gasteiger partial charge in [0, 0.05) is 31.2 Å². The Hall–Kier alpha value is -1.95. The monoisotopic (exact) mass is 403 g/mol. The third kappa shape index (κ3) is 6.30. The smallest absolute Gasteiger partial charge is 0.234 e. The minimum Gasteiger partial charge on any atom is -0.351 e. The number of nitrogens with zero attached hydrogens (tertiary/aromatic N) is 2. The Kier molecular flexibility index (Phi) is 7.43. The Morgan fingerprint density at radius 2 is 1.71 bits per heavy atom. The number of carbonyl (C=O) groups excluding carboxylic acids is 1. The van der Waals surface area contributed by atoms with Crippen LogP contribution in [-0.4, -0.2) is 48.4 Å². The first kappa shape index (κ1) is 20.8. The first-order valence-electron chi connectivity index (χ1n) is 9.70. The first-order valence-corrected chi connectivity index (χ1v) is 10.1. The summed E-state index contributed by atoms with van der Waals surface area (Å²) in [7, 11) is 0. The van der Waals surface area contributed by atoms with E-state index in [2.05, 4.69) is 27.2 Å². The summed E-state index contributed by atoms with van der Waals surface area (Å²) in [5, 5.41) is 3.65. The van der Waals surface area contributed by atoms with E-state index in [9.17, 15) is 9.18 Å². The largest absolute Gasteiger partial charge is 0.351 e. The van der Waals surface area contributed by atoms with Gasteiger partial charge in [0.15, 0.2) is 0 Å². The summed E-state index contributed by atoms with van der Waals surface area (Å²) < 4.78 is 13.6. The average Bonchev–Trinajstić information content (AvgIpc) is 2.90. The van der Waals surface area contributed by atoms with Crippen LogP contribution in [0.15, 0.2) is 42.5 Å². The molecule has 0 spiro atoms. The molecule has 1 N–H and O–H groups in total. The van der Waals surface area contributed by atoms with Crippen molar-refractivity contribution < 1.29 is 9.18 Å². The number of carbonyl (C=O) groups is 1. The van der Waals surface area contributed by atoms with Gasteiger partial charge in [-0.2, -0.15) is 0 Å². The number of halogens is 2. The van der Waals surface area contributed by atoms with Crippen molar-refractivity contribution >= 4 is 17.5 Å². The van der Waals surface area contributed by atoms with Crippen molar-refractivity contribution in [3.63, 3.8) is 0 Å². The molecule has 0 bridgehead atoms. The number of rotatable bonds is 6. The molecular formula is C22H27ClFN3O. The highest BCUT2D eigenvalue weighted by Gasteiger charge is 2.17. The fraction of sp³-hybridized carbons (Fsp3) is 0.409. The van der Waals surface area contributed by atoms with Gasteiger partial charge in [-0.05, 0) is 61.3 Å². The standard InChI is InChI=1S/C22H27ClFN3O/c1-17-3-4-19(13-21(17)24)14-25-22(28)16-27-10-2-9-26(11-12-27)15-18-5-7-20(23)8-6-18/h3-8,13H,2,9-12,14-16H2,1H3,(H,25,28). The average molecular weight is 404 g/mol. The Balaban J connectivity index is 1.42. The van der Waals surface area contributed by atoms with Gasteiger partial charge in [-0.15, -0.1) is 0 Å². The third-order valence-corrected chi connectivity index (χ3v) is 5.35. The third-order valence-electron chi connectivity index (χ3n) is 5.09. The van der Waals surface area contributed by atoms with Crippen molar-refractivity contribution in [1.29, 1.82) is 0 Å². The molecule has 0 atom stereocenters. The molecule has 2 aromatic rings. The van der Waals surface area contributed by atoms with Crippen LogP contribution in [0.2, 0.25) is 5.02 Å². The van der Waals surface area contributed by atoms with E-state index in [4.69, 9.17) is 11.6 Å². The molecule has 150 valence electrons. The maximum atomic E-state index is 13.6. The van der Waals surface area contributed by atoms with Crippen molar-refractivity contribution in [2.75, 3.05) is 32.7 Å². The van der Waals surface area contributed by atoms with E-state index in [1.807, 2.05) is 18.2 Å². The van der Waals surface area contributed by atoms with Gasteiger partial charge in [0.1, 0.15) is 5.82 Å². The normalized spacial score (nSPS) is 16.0. The van der Waals surface area contributed by atoms with Crippen molar-refractivity contribution in [2.24, 2.45) is 0 Å². The molecule has 1 heterocycles. The number of nitrogens with one attached hydrogen (secondary N) is 1. The van der Waals surface area contributed by atoms with Gasteiger partial charge >= 0.3 is 0 Å². The predicted octanol–water partition coefficient (Wildman–Crippen LogP) is 3.61. The van der Waals surface area contributed by atoms with Gasteiger partial charge in [-0.3, -0.25) is 14.6 Å². The lowest BCUT2D eigenvalue weighted by molar-refractivity contribution is -0.122. The lowest BCUT2D eigenvalue weighted by Gasteiger charge is -2.21. The van der Waals surface area contributed by atoms with Crippen molar-refractivity contribution in [3.8, 4) is 0 Å². The Morgan fingerprint density at radius 1 is 1.04 bits per heavy atom. The molecule has 28 heavy (non-hydrogen) atoms. The summed E-state index contributed by atoms with van der Waals surface area (Å²) in [5.41, 5.74) is 2.64. The number of hydrogen-bond acceptors (Lipinski definition) is 3. The number of hydrogen-bond donors (Lipinski definition) is 1. The lowest BCUT2D eigenvalue weighted by Crippen LogP contribution is -2.39. The zero-order valence-corrected chi connectivity index (χ0v) is 17.0. The minimum atomic E-state index is -0.236. The Labute approximate surface area is 171 Å². The van der Waals surface area contributed by atoms with Crippen LogP contribution in [0, 0.1) is 12.7 Å². The van der Waals surface area contributed by atoms with E-state index in [1.54, 1.807) is 13.0 Å². The van der Waals surface area contributed by atoms with E-state index in [0.29, 0.717) is 18.7 Å². The van der Waals surface area contributed by atoms with Crippen LogP contribution >= 0.6 is 11.6 Å². The number of aryl methyl sites for hydroxylation is 1. The van der Waals surface area contributed by atoms with Gasteiger partial charge in [-0.1, -0.05) is 35.9 Å². The summed E-state index contributed by atoms with van der Waals surface area (Å²) in [4.78, 5) is 16.9. The van der Waals surface area contributed by atoms with Crippen LogP contribution < -0.4 is 5.32 Å². The van der Waals surface area contributed by atoms with E-state index >= 15 is 0 Å². The topological polar surface area (TPSA) is 35.6 Å². The Bertz CT molecular complexity index is 797. The highest BCUT2D eigenvalue weighted by molar-refractivity contribution is 6.30. The van der Waals surface area contributed by atoms with E-state index in [0.717, 1.165) is 49.7 Å². The summed E-state index contributed by atoms with van der Waals surface area (Å²) >= 11 is 5.95. The summed E-state index contributed by atoms with van der Waals surface area (Å²) in [5.74, 6) is -0.257. The van der Waals surface area contributed by atoms with Crippen LogP contribution in [0.4, 0.5) is 4.39 Å². The summed E-state index contributed by atoms with van der Waals surface area (Å²) in [6.07, 6.45) is 1.03. The molecule has 0 aromatic heterocycles. The molecule has 2 aromatic carbocycles. The molecule has 1 amide bonds. The van der Waals surface area contributed by atoms with Crippen LogP contribution in [0.25, 0.3) is 0 Å². The molecule has 4 nitrogen and oxygen atoms in total. The van der Waals surface area contributed by atoms with Crippen molar-refractivity contribution in [1.82, 2.24) is 15.1 Å². The molecule has 1 aliphatic heterocycles. The lowest BCUT2D eigenvalue weighted by atomic mass is 10.1. The number of benzene rings is 2. The maximum absolute atomic E-state index is 13.6. The molecule has 1 saturated heterocycles. The second-order valence-corrected chi connectivity index (χ2v) is 7.83. The molecule has 1 fully saturated rings. The van der Waals surface area contributed by atoms with Crippen LogP contribution in [0.1, 0.15) is 23.1 Å². The fourth-order valence-electron chi connectivity index (χ4n) is 3.39. The van der Waals surface area contributed by atoms with Gasteiger partial charge in [0.05, 0.1) is 6.54 Å². The zero-order chi connectivity index (χ0) is 19.9. The van der Waals surface area contributed by atoms with Crippen LogP contribution in [-0.2, 0) is 17.9 Å². The molecular weight excluding hydrogens is 377 g/mol.